The normalized spacial score (nSPS) is 16.5. The maximum atomic E-state index is 13.1. The summed E-state index contributed by atoms with van der Waals surface area (Å²) >= 11 is 0. The maximum Gasteiger partial charge on any atom is 0.271 e. The van der Waals surface area contributed by atoms with E-state index in [1.165, 1.54) is 0 Å². The van der Waals surface area contributed by atoms with E-state index in [1.54, 1.807) is 18.5 Å². The Hall–Kier alpha value is -3.39. The minimum absolute atomic E-state index is 0.0377. The zero-order chi connectivity index (χ0) is 18.8. The summed E-state index contributed by atoms with van der Waals surface area (Å²) in [7, 11) is 1.87. The van der Waals surface area contributed by atoms with Crippen molar-refractivity contribution in [1.29, 1.82) is 5.26 Å². The molecule has 3 heterocycles. The molecule has 0 unspecified atom stereocenters. The molecule has 5 heteroatoms. The Morgan fingerprint density at radius 3 is 2.74 bits per heavy atom. The first kappa shape index (κ1) is 15.8. The number of nitrogens with zero attached hydrogens (tertiary/aromatic N) is 4. The number of fused-ring (bicyclic) bond motifs is 4. The van der Waals surface area contributed by atoms with Crippen molar-refractivity contribution < 1.29 is 4.79 Å². The third-order valence-corrected chi connectivity index (χ3v) is 5.92. The quantitative estimate of drug-likeness (QED) is 0.668. The van der Waals surface area contributed by atoms with E-state index in [1.807, 2.05) is 29.5 Å². The van der Waals surface area contributed by atoms with E-state index in [9.17, 15) is 10.1 Å². The van der Waals surface area contributed by atoms with Gasteiger partial charge in [-0.1, -0.05) is 18.2 Å². The van der Waals surface area contributed by atoms with Crippen LogP contribution in [0.5, 0.6) is 0 Å². The highest BCUT2D eigenvalue weighted by Crippen LogP contribution is 2.54. The zero-order valence-corrected chi connectivity index (χ0v) is 15.2. The van der Waals surface area contributed by atoms with Gasteiger partial charge >= 0.3 is 0 Å². The summed E-state index contributed by atoms with van der Waals surface area (Å²) < 4.78 is 1.88. The Labute approximate surface area is 157 Å². The average Bonchev–Trinajstić information content (AvgIpc) is 3.39. The summed E-state index contributed by atoms with van der Waals surface area (Å²) in [6, 6.07) is 14.2. The number of amides is 1. The van der Waals surface area contributed by atoms with E-state index in [0.29, 0.717) is 11.3 Å². The molecule has 27 heavy (non-hydrogen) atoms. The summed E-state index contributed by atoms with van der Waals surface area (Å²) in [4.78, 5) is 19.3. The number of carbonyl (C=O) groups excluding carboxylic acids is 1. The van der Waals surface area contributed by atoms with Gasteiger partial charge in [-0.05, 0) is 43.5 Å². The van der Waals surface area contributed by atoms with E-state index in [2.05, 4.69) is 35.3 Å². The molecule has 5 nitrogen and oxygen atoms in total. The smallest absolute Gasteiger partial charge is 0.271 e. The first-order valence-electron chi connectivity index (χ1n) is 9.03. The van der Waals surface area contributed by atoms with Crippen LogP contribution in [0.25, 0.3) is 16.8 Å². The van der Waals surface area contributed by atoms with E-state index in [4.69, 9.17) is 0 Å². The van der Waals surface area contributed by atoms with Crippen LogP contribution in [0.1, 0.15) is 40.2 Å². The second kappa shape index (κ2) is 5.31. The summed E-state index contributed by atoms with van der Waals surface area (Å²) in [6.07, 6.45) is 5.48. The highest BCUT2D eigenvalue weighted by Gasteiger charge is 2.53. The van der Waals surface area contributed by atoms with Crippen molar-refractivity contribution in [2.75, 3.05) is 7.05 Å². The number of nitriles is 1. The molecule has 1 aliphatic carbocycles. The van der Waals surface area contributed by atoms with Crippen molar-refractivity contribution in [2.24, 2.45) is 0 Å². The Balaban J connectivity index is 1.81. The van der Waals surface area contributed by atoms with Crippen molar-refractivity contribution >= 4 is 5.91 Å². The van der Waals surface area contributed by atoms with E-state index in [-0.39, 0.29) is 11.4 Å². The van der Waals surface area contributed by atoms with Gasteiger partial charge in [-0.25, -0.2) is 0 Å². The topological polar surface area (TPSA) is 61.9 Å². The predicted octanol–water partition coefficient (Wildman–Crippen LogP) is 3.79. The number of hydrogen-bond donors (Lipinski definition) is 0. The number of pyridine rings is 1. The molecule has 0 atom stereocenters. The van der Waals surface area contributed by atoms with Crippen LogP contribution >= 0.6 is 0 Å². The SMILES string of the molecule is Cc1ncccc1-c1ccc2c(c1)-n1cc(C#N)cc1C(=O)N(C)C21CC1. The summed E-state index contributed by atoms with van der Waals surface area (Å²) in [6.45, 7) is 2.00. The third-order valence-electron chi connectivity index (χ3n) is 5.92. The van der Waals surface area contributed by atoms with Gasteiger partial charge in [-0.3, -0.25) is 9.78 Å². The maximum absolute atomic E-state index is 13.1. The summed E-state index contributed by atoms with van der Waals surface area (Å²) in [5.41, 5.74) is 6.01. The number of rotatable bonds is 1. The van der Waals surface area contributed by atoms with Gasteiger partial charge in [0.1, 0.15) is 11.8 Å². The standard InChI is InChI=1S/C22H18N4O/c1-14-17(4-3-9-24-14)16-5-6-18-19(11-16)26-13-15(12-23)10-20(26)21(27)25(2)22(18)7-8-22/h3-6,9-11,13H,7-8H2,1-2H3. The molecule has 1 amide bonds. The lowest BCUT2D eigenvalue weighted by Gasteiger charge is -2.27. The number of carbonyl (C=O) groups is 1. The fourth-order valence-corrected chi connectivity index (χ4v) is 4.24. The number of aryl methyl sites for hydroxylation is 1. The Kier molecular flexibility index (Phi) is 3.11. The van der Waals surface area contributed by atoms with Crippen LogP contribution in [0.15, 0.2) is 48.8 Å². The van der Waals surface area contributed by atoms with Gasteiger partial charge in [-0.2, -0.15) is 5.26 Å². The van der Waals surface area contributed by atoms with E-state index in [0.717, 1.165) is 40.9 Å². The minimum Gasteiger partial charge on any atom is -0.331 e. The molecule has 1 aliphatic heterocycles. The Morgan fingerprint density at radius 2 is 2.04 bits per heavy atom. The van der Waals surface area contributed by atoms with Crippen molar-refractivity contribution in [1.82, 2.24) is 14.5 Å². The van der Waals surface area contributed by atoms with Gasteiger partial charge in [0.25, 0.3) is 5.91 Å². The van der Waals surface area contributed by atoms with Gasteiger partial charge < -0.3 is 9.47 Å². The van der Waals surface area contributed by atoms with Crippen molar-refractivity contribution in [3.05, 3.63) is 71.3 Å². The zero-order valence-electron chi connectivity index (χ0n) is 15.2. The van der Waals surface area contributed by atoms with Crippen LogP contribution in [0.3, 0.4) is 0 Å². The van der Waals surface area contributed by atoms with Crippen LogP contribution in [-0.4, -0.2) is 27.4 Å². The highest BCUT2D eigenvalue weighted by molar-refractivity contribution is 5.96. The molecule has 1 saturated carbocycles. The molecule has 0 bridgehead atoms. The minimum atomic E-state index is -0.235. The van der Waals surface area contributed by atoms with Crippen LogP contribution in [0.4, 0.5) is 0 Å². The molecule has 3 aromatic rings. The molecular weight excluding hydrogens is 336 g/mol. The van der Waals surface area contributed by atoms with Crippen LogP contribution < -0.4 is 0 Å². The number of benzene rings is 1. The molecule has 1 spiro atoms. The Bertz CT molecular complexity index is 1150. The lowest BCUT2D eigenvalue weighted by atomic mass is 9.96. The molecule has 2 aliphatic rings. The fourth-order valence-electron chi connectivity index (χ4n) is 4.24. The lowest BCUT2D eigenvalue weighted by Crippen LogP contribution is -2.36. The summed E-state index contributed by atoms with van der Waals surface area (Å²) in [5, 5.41) is 9.34. The molecule has 2 aromatic heterocycles. The second-order valence-electron chi connectivity index (χ2n) is 7.36. The largest absolute Gasteiger partial charge is 0.331 e. The number of aromatic nitrogens is 2. The first-order chi connectivity index (χ1) is 13.0. The van der Waals surface area contributed by atoms with Crippen molar-refractivity contribution in [3.8, 4) is 22.9 Å². The molecule has 1 aromatic carbocycles. The van der Waals surface area contributed by atoms with Gasteiger partial charge in [0.2, 0.25) is 0 Å². The van der Waals surface area contributed by atoms with Gasteiger partial charge in [0.05, 0.1) is 16.8 Å². The molecule has 1 fully saturated rings. The molecule has 5 rings (SSSR count). The van der Waals surface area contributed by atoms with Gasteiger partial charge in [-0.15, -0.1) is 0 Å². The van der Waals surface area contributed by atoms with Crippen LogP contribution in [0.2, 0.25) is 0 Å². The number of hydrogen-bond acceptors (Lipinski definition) is 3. The van der Waals surface area contributed by atoms with Crippen LogP contribution in [-0.2, 0) is 5.54 Å². The van der Waals surface area contributed by atoms with Gasteiger partial charge in [0.15, 0.2) is 0 Å². The highest BCUT2D eigenvalue weighted by atomic mass is 16.2. The van der Waals surface area contributed by atoms with Crippen molar-refractivity contribution in [3.63, 3.8) is 0 Å². The first-order valence-corrected chi connectivity index (χ1v) is 9.03. The second-order valence-corrected chi connectivity index (χ2v) is 7.36. The van der Waals surface area contributed by atoms with Gasteiger partial charge in [0, 0.05) is 36.3 Å². The molecule has 132 valence electrons. The molecular formula is C22H18N4O. The van der Waals surface area contributed by atoms with E-state index >= 15 is 0 Å². The van der Waals surface area contributed by atoms with Crippen LogP contribution in [0, 0.1) is 18.3 Å². The lowest BCUT2D eigenvalue weighted by molar-refractivity contribution is 0.0705. The third kappa shape index (κ3) is 2.10. The van der Waals surface area contributed by atoms with Crippen molar-refractivity contribution in [2.45, 2.75) is 25.3 Å². The average molecular weight is 354 g/mol. The van der Waals surface area contributed by atoms with E-state index < -0.39 is 0 Å². The summed E-state index contributed by atoms with van der Waals surface area (Å²) in [5.74, 6) is -0.0377. The monoisotopic (exact) mass is 354 g/mol. The predicted molar refractivity (Wildman–Crippen MR) is 101 cm³/mol. The molecule has 0 radical (unpaired) electrons. The molecule has 0 N–H and O–H groups in total. The molecule has 0 saturated heterocycles. The fraction of sp³-hybridized carbons (Fsp3) is 0.227. The Morgan fingerprint density at radius 1 is 1.22 bits per heavy atom.